The zero-order chi connectivity index (χ0) is 13.3. The Balaban J connectivity index is 2.47. The SMILES string of the molecule is CC(C)n1c(CBr)nnc1C1CCCCS1(=O)=O. The minimum atomic E-state index is -3.07. The Labute approximate surface area is 116 Å². The van der Waals surface area contributed by atoms with Gasteiger partial charge in [-0.3, -0.25) is 0 Å². The summed E-state index contributed by atoms with van der Waals surface area (Å²) in [6.45, 7) is 4.04. The molecule has 5 nitrogen and oxygen atoms in total. The van der Waals surface area contributed by atoms with Crippen molar-refractivity contribution in [1.82, 2.24) is 14.8 Å². The zero-order valence-corrected chi connectivity index (χ0v) is 13.0. The molecule has 1 aromatic rings. The van der Waals surface area contributed by atoms with Crippen molar-refractivity contribution in [3.05, 3.63) is 11.6 Å². The molecule has 1 unspecified atom stereocenters. The minimum absolute atomic E-state index is 0.166. The first-order chi connectivity index (χ1) is 8.47. The van der Waals surface area contributed by atoms with Gasteiger partial charge in [-0.25, -0.2) is 8.42 Å². The van der Waals surface area contributed by atoms with Crippen LogP contribution in [0.25, 0.3) is 0 Å². The van der Waals surface area contributed by atoms with E-state index in [0.717, 1.165) is 18.7 Å². The summed E-state index contributed by atoms with van der Waals surface area (Å²) in [5.41, 5.74) is 0. The van der Waals surface area contributed by atoms with Gasteiger partial charge in [-0.1, -0.05) is 22.4 Å². The van der Waals surface area contributed by atoms with Crippen LogP contribution in [0.15, 0.2) is 0 Å². The molecule has 2 rings (SSSR count). The summed E-state index contributed by atoms with van der Waals surface area (Å²) in [5, 5.41) is 8.34. The number of hydrogen-bond donors (Lipinski definition) is 0. The molecule has 2 heterocycles. The lowest BCUT2D eigenvalue weighted by atomic mass is 10.1. The Hall–Kier alpha value is -0.430. The summed E-state index contributed by atoms with van der Waals surface area (Å²) in [6.07, 6.45) is 2.37. The van der Waals surface area contributed by atoms with Crippen LogP contribution in [-0.4, -0.2) is 28.9 Å². The highest BCUT2D eigenvalue weighted by molar-refractivity contribution is 9.08. The zero-order valence-electron chi connectivity index (χ0n) is 10.6. The molecule has 1 saturated heterocycles. The van der Waals surface area contributed by atoms with Crippen LogP contribution in [-0.2, 0) is 15.2 Å². The van der Waals surface area contributed by atoms with Crippen molar-refractivity contribution in [1.29, 1.82) is 0 Å². The predicted molar refractivity (Wildman–Crippen MR) is 73.4 cm³/mol. The maximum Gasteiger partial charge on any atom is 0.160 e. The van der Waals surface area contributed by atoms with E-state index in [0.29, 0.717) is 17.6 Å². The van der Waals surface area contributed by atoms with Crippen LogP contribution in [0.3, 0.4) is 0 Å². The van der Waals surface area contributed by atoms with Gasteiger partial charge in [0.15, 0.2) is 15.7 Å². The Bertz CT molecular complexity index is 524. The molecular weight excluding hydrogens is 318 g/mol. The highest BCUT2D eigenvalue weighted by Gasteiger charge is 2.35. The molecule has 0 amide bonds. The minimum Gasteiger partial charge on any atom is -0.311 e. The lowest BCUT2D eigenvalue weighted by Gasteiger charge is -2.23. The third-order valence-corrected chi connectivity index (χ3v) is 5.97. The van der Waals surface area contributed by atoms with Gasteiger partial charge in [-0.05, 0) is 26.7 Å². The average molecular weight is 336 g/mol. The average Bonchev–Trinajstić information content (AvgIpc) is 2.71. The molecular formula is C11H18BrN3O2S. The summed E-state index contributed by atoms with van der Waals surface area (Å²) < 4.78 is 26.3. The second-order valence-electron chi connectivity index (χ2n) is 4.92. The first kappa shape index (κ1) is 14.0. The topological polar surface area (TPSA) is 64.8 Å². The maximum absolute atomic E-state index is 12.2. The first-order valence-corrected chi connectivity index (χ1v) is 9.02. The monoisotopic (exact) mass is 335 g/mol. The van der Waals surface area contributed by atoms with E-state index in [-0.39, 0.29) is 11.8 Å². The van der Waals surface area contributed by atoms with E-state index in [2.05, 4.69) is 26.1 Å². The second kappa shape index (κ2) is 5.28. The van der Waals surface area contributed by atoms with Gasteiger partial charge in [-0.15, -0.1) is 10.2 Å². The standard InChI is InChI=1S/C11H18BrN3O2S/c1-8(2)15-10(7-12)13-14-11(15)9-5-3-4-6-18(9,16)17/h8-9H,3-7H2,1-2H3. The van der Waals surface area contributed by atoms with Crippen molar-refractivity contribution in [2.24, 2.45) is 0 Å². The van der Waals surface area contributed by atoms with Crippen LogP contribution in [0.5, 0.6) is 0 Å². The van der Waals surface area contributed by atoms with Crippen LogP contribution in [0.1, 0.15) is 56.1 Å². The van der Waals surface area contributed by atoms with Crippen LogP contribution in [0, 0.1) is 0 Å². The molecule has 0 N–H and O–H groups in total. The van der Waals surface area contributed by atoms with Crippen LogP contribution in [0.4, 0.5) is 0 Å². The Morgan fingerprint density at radius 3 is 2.67 bits per heavy atom. The Morgan fingerprint density at radius 2 is 2.11 bits per heavy atom. The van der Waals surface area contributed by atoms with E-state index >= 15 is 0 Å². The van der Waals surface area contributed by atoms with Gasteiger partial charge < -0.3 is 4.57 Å². The quantitative estimate of drug-likeness (QED) is 0.795. The number of sulfone groups is 1. The molecule has 0 aromatic carbocycles. The van der Waals surface area contributed by atoms with Crippen LogP contribution < -0.4 is 0 Å². The normalized spacial score (nSPS) is 23.4. The molecule has 102 valence electrons. The predicted octanol–water partition coefficient (Wildman–Crippen LogP) is 2.39. The highest BCUT2D eigenvalue weighted by Crippen LogP contribution is 2.34. The largest absolute Gasteiger partial charge is 0.311 e. The molecule has 0 spiro atoms. The summed E-state index contributed by atoms with van der Waals surface area (Å²) >= 11 is 3.37. The molecule has 18 heavy (non-hydrogen) atoms. The molecule has 0 radical (unpaired) electrons. The van der Waals surface area contributed by atoms with E-state index in [1.165, 1.54) is 0 Å². The molecule has 1 aliphatic heterocycles. The van der Waals surface area contributed by atoms with Crippen molar-refractivity contribution in [3.8, 4) is 0 Å². The third kappa shape index (κ3) is 2.47. The molecule has 1 fully saturated rings. The maximum atomic E-state index is 12.2. The fourth-order valence-corrected chi connectivity index (χ4v) is 4.74. The van der Waals surface area contributed by atoms with Crippen molar-refractivity contribution in [3.63, 3.8) is 0 Å². The van der Waals surface area contributed by atoms with E-state index in [9.17, 15) is 8.42 Å². The fourth-order valence-electron chi connectivity index (χ4n) is 2.46. The van der Waals surface area contributed by atoms with Gasteiger partial charge in [0.2, 0.25) is 0 Å². The Kier molecular flexibility index (Phi) is 4.11. The molecule has 0 aliphatic carbocycles. The number of aromatic nitrogens is 3. The number of halogens is 1. The smallest absolute Gasteiger partial charge is 0.160 e. The number of hydrogen-bond acceptors (Lipinski definition) is 4. The fraction of sp³-hybridized carbons (Fsp3) is 0.818. The van der Waals surface area contributed by atoms with E-state index in [4.69, 9.17) is 0 Å². The molecule has 0 bridgehead atoms. The lowest BCUT2D eigenvalue weighted by Crippen LogP contribution is -2.25. The van der Waals surface area contributed by atoms with E-state index in [1.807, 2.05) is 18.4 Å². The third-order valence-electron chi connectivity index (χ3n) is 3.30. The Morgan fingerprint density at radius 1 is 1.39 bits per heavy atom. The summed E-state index contributed by atoms with van der Waals surface area (Å²) in [6, 6.07) is 0.166. The van der Waals surface area contributed by atoms with Gasteiger partial charge in [0.1, 0.15) is 11.1 Å². The second-order valence-corrected chi connectivity index (χ2v) is 7.79. The van der Waals surface area contributed by atoms with Gasteiger partial charge in [0.05, 0.1) is 11.1 Å². The van der Waals surface area contributed by atoms with Gasteiger partial charge in [0.25, 0.3) is 0 Å². The van der Waals surface area contributed by atoms with Crippen molar-refractivity contribution < 1.29 is 8.42 Å². The van der Waals surface area contributed by atoms with Crippen molar-refractivity contribution in [2.75, 3.05) is 5.75 Å². The van der Waals surface area contributed by atoms with Gasteiger partial charge >= 0.3 is 0 Å². The van der Waals surface area contributed by atoms with Crippen molar-refractivity contribution >= 4 is 25.8 Å². The molecule has 0 saturated carbocycles. The molecule has 1 aliphatic rings. The number of nitrogens with zero attached hydrogens (tertiary/aromatic N) is 3. The van der Waals surface area contributed by atoms with Crippen LogP contribution in [0.2, 0.25) is 0 Å². The van der Waals surface area contributed by atoms with Gasteiger partial charge in [0, 0.05) is 6.04 Å². The van der Waals surface area contributed by atoms with Crippen LogP contribution >= 0.6 is 15.9 Å². The molecule has 1 aromatic heterocycles. The summed E-state index contributed by atoms with van der Waals surface area (Å²) in [4.78, 5) is 0. The van der Waals surface area contributed by atoms with Gasteiger partial charge in [-0.2, -0.15) is 0 Å². The molecule has 7 heteroatoms. The van der Waals surface area contributed by atoms with E-state index < -0.39 is 15.1 Å². The first-order valence-electron chi connectivity index (χ1n) is 6.18. The molecule has 1 atom stereocenters. The van der Waals surface area contributed by atoms with E-state index in [1.54, 1.807) is 0 Å². The highest BCUT2D eigenvalue weighted by atomic mass is 79.9. The number of alkyl halides is 1. The summed E-state index contributed by atoms with van der Waals surface area (Å²) in [7, 11) is -3.07. The van der Waals surface area contributed by atoms with Crippen molar-refractivity contribution in [2.45, 2.75) is 49.7 Å². The lowest BCUT2D eigenvalue weighted by molar-refractivity contribution is 0.502. The summed E-state index contributed by atoms with van der Waals surface area (Å²) in [5.74, 6) is 1.67. The number of rotatable bonds is 3.